The van der Waals surface area contributed by atoms with Gasteiger partial charge in [0, 0.05) is 11.6 Å². The van der Waals surface area contributed by atoms with Crippen molar-refractivity contribution in [3.05, 3.63) is 47.4 Å². The fourth-order valence-electron chi connectivity index (χ4n) is 3.25. The number of hydrogen-bond donors (Lipinski definition) is 3. The van der Waals surface area contributed by atoms with E-state index in [0.29, 0.717) is 17.4 Å². The van der Waals surface area contributed by atoms with Crippen LogP contribution in [0.25, 0.3) is 11.1 Å². The summed E-state index contributed by atoms with van der Waals surface area (Å²) >= 11 is 0. The van der Waals surface area contributed by atoms with Gasteiger partial charge in [0.1, 0.15) is 18.2 Å². The summed E-state index contributed by atoms with van der Waals surface area (Å²) in [6, 6.07) is 7.62. The van der Waals surface area contributed by atoms with Crippen LogP contribution in [0.2, 0.25) is 0 Å². The molecule has 1 aromatic carbocycles. The van der Waals surface area contributed by atoms with Crippen LogP contribution in [0.4, 0.5) is 10.2 Å². The fraction of sp³-hybridized carbons (Fsp3) is 0.400. The Kier molecular flexibility index (Phi) is 5.31. The van der Waals surface area contributed by atoms with Crippen molar-refractivity contribution < 1.29 is 14.0 Å². The van der Waals surface area contributed by atoms with Gasteiger partial charge in [0.15, 0.2) is 0 Å². The van der Waals surface area contributed by atoms with Gasteiger partial charge < -0.3 is 10.6 Å². The predicted octanol–water partition coefficient (Wildman–Crippen LogP) is 3.01. The first-order valence-electron chi connectivity index (χ1n) is 9.40. The van der Waals surface area contributed by atoms with E-state index < -0.39 is 11.7 Å². The van der Waals surface area contributed by atoms with E-state index in [2.05, 4.69) is 21.1 Å². The first-order chi connectivity index (χ1) is 13.2. The molecule has 1 amide bonds. The maximum atomic E-state index is 14.5. The summed E-state index contributed by atoms with van der Waals surface area (Å²) in [6.07, 6.45) is 6.00. The lowest BCUT2D eigenvalue weighted by Gasteiger charge is -2.20. The van der Waals surface area contributed by atoms with Crippen molar-refractivity contribution in [2.75, 3.05) is 18.4 Å². The Morgan fingerprint density at radius 1 is 1.15 bits per heavy atom. The summed E-state index contributed by atoms with van der Waals surface area (Å²) in [5.41, 5.74) is 4.29. The van der Waals surface area contributed by atoms with Gasteiger partial charge in [-0.15, -0.1) is 0 Å². The largest absolute Gasteiger partial charge is 0.367 e. The lowest BCUT2D eigenvalue weighted by atomic mass is 9.95. The number of benzene rings is 1. The summed E-state index contributed by atoms with van der Waals surface area (Å²) in [6.45, 7) is 2.69. The highest BCUT2D eigenvalue weighted by molar-refractivity contribution is 6.05. The predicted molar refractivity (Wildman–Crippen MR) is 101 cm³/mol. The third kappa shape index (κ3) is 4.09. The van der Waals surface area contributed by atoms with Crippen LogP contribution < -0.4 is 16.1 Å². The molecule has 3 N–H and O–H groups in total. The minimum Gasteiger partial charge on any atom is -0.367 e. The highest BCUT2D eigenvalue weighted by Gasteiger charge is 2.29. The summed E-state index contributed by atoms with van der Waals surface area (Å²) in [4.78, 5) is 21.6. The molecule has 3 aliphatic rings. The molecule has 2 fully saturated rings. The minimum atomic E-state index is -0.513. The Morgan fingerprint density at radius 3 is 2.63 bits per heavy atom. The molecule has 1 saturated carbocycles. The number of fused-ring (bicyclic) bond motifs is 3. The van der Waals surface area contributed by atoms with Crippen LogP contribution in [0.5, 0.6) is 0 Å². The third-order valence-corrected chi connectivity index (χ3v) is 4.81. The lowest BCUT2D eigenvalue weighted by molar-refractivity contribution is 0.0230. The maximum absolute atomic E-state index is 14.5. The van der Waals surface area contributed by atoms with Gasteiger partial charge in [-0.25, -0.2) is 14.9 Å². The first kappa shape index (κ1) is 17.9. The molecule has 6 nitrogen and oxygen atoms in total. The molecule has 0 spiro atoms. The molecule has 3 heterocycles. The number of nitrogens with zero attached hydrogens (tertiary/aromatic N) is 1. The molecule has 1 aliphatic carbocycles. The second kappa shape index (κ2) is 8.02. The van der Waals surface area contributed by atoms with Crippen LogP contribution >= 0.6 is 0 Å². The average Bonchev–Trinajstić information content (AvgIpc) is 3.27. The summed E-state index contributed by atoms with van der Waals surface area (Å²) < 4.78 is 14.5. The maximum Gasteiger partial charge on any atom is 0.279 e. The number of hydroxylamine groups is 1. The quantitative estimate of drug-likeness (QED) is 0.758. The van der Waals surface area contributed by atoms with Crippen molar-refractivity contribution >= 4 is 11.7 Å². The van der Waals surface area contributed by atoms with Crippen LogP contribution in [0.1, 0.15) is 41.6 Å². The van der Waals surface area contributed by atoms with Crippen LogP contribution in [0, 0.1) is 5.82 Å². The second-order valence-electron chi connectivity index (χ2n) is 6.96. The molecule has 1 aromatic heterocycles. The van der Waals surface area contributed by atoms with Gasteiger partial charge >= 0.3 is 0 Å². The highest BCUT2D eigenvalue weighted by Crippen LogP contribution is 2.36. The average molecular weight is 370 g/mol. The summed E-state index contributed by atoms with van der Waals surface area (Å²) in [7, 11) is 0. The Morgan fingerprint density at radius 2 is 1.93 bits per heavy atom. The molecule has 0 bridgehead atoms. The zero-order chi connectivity index (χ0) is 18.6. The van der Waals surface area contributed by atoms with E-state index in [9.17, 15) is 9.18 Å². The van der Waals surface area contributed by atoms with Gasteiger partial charge in [-0.2, -0.15) is 0 Å². The monoisotopic (exact) mass is 370 g/mol. The van der Waals surface area contributed by atoms with Crippen molar-refractivity contribution in [3.8, 4) is 11.1 Å². The van der Waals surface area contributed by atoms with Gasteiger partial charge in [0.2, 0.25) is 0 Å². The van der Waals surface area contributed by atoms with E-state index in [1.807, 2.05) is 18.2 Å². The van der Waals surface area contributed by atoms with Gasteiger partial charge in [-0.3, -0.25) is 9.63 Å². The van der Waals surface area contributed by atoms with Crippen LogP contribution in [-0.4, -0.2) is 30.0 Å². The Labute approximate surface area is 157 Å². The Bertz CT molecular complexity index is 827. The topological polar surface area (TPSA) is 75.3 Å². The number of halogens is 1. The molecule has 27 heavy (non-hydrogen) atoms. The normalized spacial score (nSPS) is 18.2. The molecular formula is C20H23FN4O2. The number of rotatable bonds is 2. The molecule has 0 unspecified atom stereocenters. The Hall–Kier alpha value is -2.51. The standard InChI is InChI=1S/C16H14FN3O2.C4H9N/c17-12-7-18-15(19-10-5-6-10)14-13(12)11-4-2-1-3-9(11)8-22-20-16(14)21;1-2-4-5-3-1/h1-4,7,10H,5-6,8H2,(H,18,19)(H,20,21);5H,1-4H2. The Balaban J connectivity index is 0.000000314. The molecule has 1 saturated heterocycles. The number of anilines is 1. The van der Waals surface area contributed by atoms with Gasteiger partial charge in [0.25, 0.3) is 5.91 Å². The number of carbonyl (C=O) groups is 1. The first-order valence-corrected chi connectivity index (χ1v) is 9.40. The van der Waals surface area contributed by atoms with Gasteiger partial charge in [0.05, 0.1) is 11.8 Å². The molecule has 2 aliphatic heterocycles. The molecule has 7 heteroatoms. The molecule has 0 atom stereocenters. The van der Waals surface area contributed by atoms with E-state index in [-0.39, 0.29) is 17.7 Å². The van der Waals surface area contributed by atoms with Crippen LogP contribution in [-0.2, 0) is 11.4 Å². The van der Waals surface area contributed by atoms with Crippen molar-refractivity contribution in [2.45, 2.75) is 38.3 Å². The zero-order valence-corrected chi connectivity index (χ0v) is 15.1. The zero-order valence-electron chi connectivity index (χ0n) is 15.1. The molecular weight excluding hydrogens is 347 g/mol. The van der Waals surface area contributed by atoms with Crippen molar-refractivity contribution in [2.24, 2.45) is 0 Å². The van der Waals surface area contributed by atoms with Gasteiger partial charge in [-0.05, 0) is 49.9 Å². The van der Waals surface area contributed by atoms with Crippen molar-refractivity contribution in [3.63, 3.8) is 0 Å². The second-order valence-corrected chi connectivity index (χ2v) is 6.96. The number of pyridine rings is 1. The van der Waals surface area contributed by atoms with E-state index in [1.165, 1.54) is 25.9 Å². The van der Waals surface area contributed by atoms with Crippen molar-refractivity contribution in [1.82, 2.24) is 15.8 Å². The molecule has 5 rings (SSSR count). The number of aromatic nitrogens is 1. The van der Waals surface area contributed by atoms with Crippen LogP contribution in [0.3, 0.4) is 0 Å². The number of nitrogens with one attached hydrogen (secondary N) is 3. The van der Waals surface area contributed by atoms with Crippen molar-refractivity contribution in [1.29, 1.82) is 0 Å². The summed E-state index contributed by atoms with van der Waals surface area (Å²) in [5, 5.41) is 6.41. The van der Waals surface area contributed by atoms with E-state index in [0.717, 1.165) is 24.6 Å². The lowest BCUT2D eigenvalue weighted by Crippen LogP contribution is -2.28. The molecule has 0 radical (unpaired) electrons. The van der Waals surface area contributed by atoms with Crippen LogP contribution in [0.15, 0.2) is 30.5 Å². The number of amides is 1. The minimum absolute atomic E-state index is 0.189. The SMILES string of the molecule is C1CCNC1.O=C1NOCc2ccccc2-c2c(F)cnc(NC3CC3)c21. The number of carbonyl (C=O) groups excluding carboxylic acids is 1. The smallest absolute Gasteiger partial charge is 0.279 e. The fourth-order valence-corrected chi connectivity index (χ4v) is 3.25. The van der Waals surface area contributed by atoms with E-state index >= 15 is 0 Å². The van der Waals surface area contributed by atoms with E-state index in [4.69, 9.17) is 4.84 Å². The highest BCUT2D eigenvalue weighted by atomic mass is 19.1. The summed E-state index contributed by atoms with van der Waals surface area (Å²) in [5.74, 6) is -0.600. The molecule has 2 aromatic rings. The third-order valence-electron chi connectivity index (χ3n) is 4.81. The van der Waals surface area contributed by atoms with E-state index in [1.54, 1.807) is 6.07 Å². The molecule has 142 valence electrons. The van der Waals surface area contributed by atoms with Gasteiger partial charge in [-0.1, -0.05) is 24.3 Å². The number of hydrogen-bond acceptors (Lipinski definition) is 5.